The molecule has 0 aliphatic carbocycles. The smallest absolute Gasteiger partial charge is 0.242 e. The van der Waals surface area contributed by atoms with Gasteiger partial charge in [-0.25, -0.2) is 8.78 Å². The molecule has 1 amide bonds. The summed E-state index contributed by atoms with van der Waals surface area (Å²) in [6.45, 7) is 2.15. The maximum Gasteiger partial charge on any atom is 0.242 e. The molecule has 0 aliphatic rings. The number of hydrogen-bond donors (Lipinski definition) is 3. The summed E-state index contributed by atoms with van der Waals surface area (Å²) in [5, 5.41) is 5.04. The van der Waals surface area contributed by atoms with Gasteiger partial charge in [0.25, 0.3) is 0 Å². The maximum absolute atomic E-state index is 13.8. The predicted molar refractivity (Wildman–Crippen MR) is 80.2 cm³/mol. The Kier molecular flexibility index (Phi) is 6.44. The first-order chi connectivity index (χ1) is 9.86. The second-order valence-corrected chi connectivity index (χ2v) is 4.77. The van der Waals surface area contributed by atoms with E-state index < -0.39 is 29.3 Å². The fraction of sp³-hybridized carbons (Fsp3) is 0.385. The van der Waals surface area contributed by atoms with Gasteiger partial charge in [0.15, 0.2) is 0 Å². The van der Waals surface area contributed by atoms with Crippen LogP contribution in [0.4, 0.5) is 14.5 Å². The number of ether oxygens (including phenoxy) is 1. The lowest BCUT2D eigenvalue weighted by molar-refractivity contribution is -0.121. The number of benzene rings is 1. The van der Waals surface area contributed by atoms with Gasteiger partial charge in [0.2, 0.25) is 5.91 Å². The lowest BCUT2D eigenvalue weighted by Gasteiger charge is -2.16. The van der Waals surface area contributed by atoms with Crippen LogP contribution < -0.4 is 16.4 Å². The lowest BCUT2D eigenvalue weighted by Crippen LogP contribution is -2.39. The first-order valence-electron chi connectivity index (χ1n) is 6.18. The number of halogens is 2. The number of thiocarbonyl (C=S) groups is 1. The van der Waals surface area contributed by atoms with E-state index in [1.54, 1.807) is 0 Å². The third-order valence-electron chi connectivity index (χ3n) is 2.69. The van der Waals surface area contributed by atoms with Gasteiger partial charge < -0.3 is 21.1 Å². The molecule has 0 bridgehead atoms. The summed E-state index contributed by atoms with van der Waals surface area (Å²) in [7, 11) is 1.50. The van der Waals surface area contributed by atoms with Gasteiger partial charge in [-0.1, -0.05) is 12.2 Å². The minimum Gasteiger partial charge on any atom is -0.389 e. The Morgan fingerprint density at radius 2 is 2.00 bits per heavy atom. The van der Waals surface area contributed by atoms with Gasteiger partial charge in [-0.2, -0.15) is 0 Å². The number of nitrogens with one attached hydrogen (secondary N) is 2. The quantitative estimate of drug-likeness (QED) is 0.520. The number of anilines is 1. The summed E-state index contributed by atoms with van der Waals surface area (Å²) in [6.07, 6.45) is 0. The molecule has 0 aliphatic heterocycles. The molecule has 1 atom stereocenters. The minimum atomic E-state index is -0.866. The van der Waals surface area contributed by atoms with Crippen LogP contribution in [-0.2, 0) is 9.53 Å². The molecule has 0 heterocycles. The van der Waals surface area contributed by atoms with Crippen LogP contribution >= 0.6 is 12.2 Å². The zero-order valence-electron chi connectivity index (χ0n) is 11.7. The summed E-state index contributed by atoms with van der Waals surface area (Å²) >= 11 is 4.66. The van der Waals surface area contributed by atoms with E-state index in [4.69, 9.17) is 10.5 Å². The third-order valence-corrected chi connectivity index (χ3v) is 2.92. The number of nitrogens with two attached hydrogens (primary N) is 1. The zero-order chi connectivity index (χ0) is 16.0. The molecule has 116 valence electrons. The van der Waals surface area contributed by atoms with Crippen LogP contribution in [0, 0.1) is 11.6 Å². The van der Waals surface area contributed by atoms with Crippen LogP contribution in [0.5, 0.6) is 0 Å². The highest BCUT2D eigenvalue weighted by Gasteiger charge is 2.18. The van der Waals surface area contributed by atoms with Crippen LogP contribution in [0.15, 0.2) is 12.1 Å². The average molecular weight is 317 g/mol. The topological polar surface area (TPSA) is 76.4 Å². The average Bonchev–Trinajstić information content (AvgIpc) is 2.42. The Hall–Kier alpha value is -1.80. The highest BCUT2D eigenvalue weighted by molar-refractivity contribution is 7.80. The molecule has 8 heteroatoms. The van der Waals surface area contributed by atoms with Crippen molar-refractivity contribution in [3.8, 4) is 0 Å². The number of hydrogen-bond acceptors (Lipinski definition) is 4. The van der Waals surface area contributed by atoms with E-state index in [-0.39, 0.29) is 10.6 Å². The molecule has 1 aromatic rings. The van der Waals surface area contributed by atoms with Crippen LogP contribution in [0.25, 0.3) is 0 Å². The second-order valence-electron chi connectivity index (χ2n) is 4.33. The van der Waals surface area contributed by atoms with E-state index in [0.717, 1.165) is 12.1 Å². The summed E-state index contributed by atoms with van der Waals surface area (Å²) in [5.74, 6) is -2.13. The standard InChI is InChI=1S/C13H17F2N3O2S/c1-7(13(19)17-3-4-20-2)18-11-9(14)5-8(12(16)21)6-10(11)15/h5-7,18H,3-4H2,1-2H3,(H2,16,21)(H,17,19). The van der Waals surface area contributed by atoms with Gasteiger partial charge in [0.05, 0.1) is 6.61 Å². The van der Waals surface area contributed by atoms with Crippen molar-refractivity contribution in [3.05, 3.63) is 29.3 Å². The van der Waals surface area contributed by atoms with Gasteiger partial charge in [-0.3, -0.25) is 4.79 Å². The molecule has 0 saturated carbocycles. The number of carbonyl (C=O) groups is 1. The van der Waals surface area contributed by atoms with Gasteiger partial charge >= 0.3 is 0 Å². The normalized spacial score (nSPS) is 11.8. The molecule has 0 spiro atoms. The molecule has 0 radical (unpaired) electrons. The Morgan fingerprint density at radius 3 is 2.48 bits per heavy atom. The number of rotatable bonds is 7. The molecule has 1 rings (SSSR count). The fourth-order valence-electron chi connectivity index (χ4n) is 1.56. The monoisotopic (exact) mass is 317 g/mol. The molecule has 1 unspecified atom stereocenters. The first kappa shape index (κ1) is 17.3. The van der Waals surface area contributed by atoms with E-state index >= 15 is 0 Å². The highest BCUT2D eigenvalue weighted by Crippen LogP contribution is 2.21. The van der Waals surface area contributed by atoms with E-state index in [1.807, 2.05) is 0 Å². The number of carbonyl (C=O) groups excluding carboxylic acids is 1. The summed E-state index contributed by atoms with van der Waals surface area (Å²) < 4.78 is 32.4. The highest BCUT2D eigenvalue weighted by atomic mass is 32.1. The second kappa shape index (κ2) is 7.84. The molecule has 0 fully saturated rings. The van der Waals surface area contributed by atoms with E-state index in [9.17, 15) is 13.6 Å². The molecule has 5 nitrogen and oxygen atoms in total. The van der Waals surface area contributed by atoms with E-state index in [1.165, 1.54) is 14.0 Å². The van der Waals surface area contributed by atoms with Crippen molar-refractivity contribution in [1.29, 1.82) is 0 Å². The SMILES string of the molecule is COCCNC(=O)C(C)Nc1c(F)cc(C(N)=S)cc1F. The first-order valence-corrected chi connectivity index (χ1v) is 6.59. The summed E-state index contributed by atoms with van der Waals surface area (Å²) in [5.41, 5.74) is 5.01. The van der Waals surface area contributed by atoms with Crippen LogP contribution in [0.1, 0.15) is 12.5 Å². The molecule has 4 N–H and O–H groups in total. The maximum atomic E-state index is 13.8. The van der Waals surface area contributed by atoms with E-state index in [0.29, 0.717) is 13.2 Å². The van der Waals surface area contributed by atoms with Crippen molar-refractivity contribution >= 4 is 28.8 Å². The van der Waals surface area contributed by atoms with Crippen LogP contribution in [-0.4, -0.2) is 37.2 Å². The Labute approximate surface area is 126 Å². The minimum absolute atomic E-state index is 0.0859. The number of methoxy groups -OCH3 is 1. The zero-order valence-corrected chi connectivity index (χ0v) is 12.5. The Morgan fingerprint density at radius 1 is 1.43 bits per heavy atom. The predicted octanol–water partition coefficient (Wildman–Crippen LogP) is 1.16. The molecular weight excluding hydrogens is 300 g/mol. The van der Waals surface area contributed by atoms with Crippen molar-refractivity contribution in [2.24, 2.45) is 5.73 Å². The molecular formula is C13H17F2N3O2S. The lowest BCUT2D eigenvalue weighted by atomic mass is 10.1. The summed E-state index contributed by atoms with van der Waals surface area (Å²) in [4.78, 5) is 11.6. The van der Waals surface area contributed by atoms with Crippen molar-refractivity contribution < 1.29 is 18.3 Å². The fourth-order valence-corrected chi connectivity index (χ4v) is 1.68. The van der Waals surface area contributed by atoms with Crippen LogP contribution in [0.3, 0.4) is 0 Å². The van der Waals surface area contributed by atoms with Gasteiger partial charge in [-0.05, 0) is 19.1 Å². The largest absolute Gasteiger partial charge is 0.389 e. The van der Waals surface area contributed by atoms with Crippen molar-refractivity contribution in [2.75, 3.05) is 25.6 Å². The number of amides is 1. The van der Waals surface area contributed by atoms with Crippen molar-refractivity contribution in [2.45, 2.75) is 13.0 Å². The molecule has 0 aromatic heterocycles. The van der Waals surface area contributed by atoms with Gasteiger partial charge in [0, 0.05) is 19.2 Å². The molecule has 1 aromatic carbocycles. The molecule has 21 heavy (non-hydrogen) atoms. The molecule has 0 saturated heterocycles. The Bertz CT molecular complexity index is 517. The van der Waals surface area contributed by atoms with Gasteiger partial charge in [0.1, 0.15) is 28.4 Å². The van der Waals surface area contributed by atoms with Crippen LogP contribution in [0.2, 0.25) is 0 Å². The third kappa shape index (κ3) is 4.91. The van der Waals surface area contributed by atoms with Crippen molar-refractivity contribution in [3.63, 3.8) is 0 Å². The summed E-state index contributed by atoms with van der Waals surface area (Å²) in [6, 6.07) is 1.22. The Balaban J connectivity index is 2.78. The van der Waals surface area contributed by atoms with E-state index in [2.05, 4.69) is 22.9 Å². The van der Waals surface area contributed by atoms with Gasteiger partial charge in [-0.15, -0.1) is 0 Å². The van der Waals surface area contributed by atoms with Crippen molar-refractivity contribution in [1.82, 2.24) is 5.32 Å².